The fourth-order valence-corrected chi connectivity index (χ4v) is 3.07. The van der Waals surface area contributed by atoms with Gasteiger partial charge in [-0.25, -0.2) is 13.9 Å². The summed E-state index contributed by atoms with van der Waals surface area (Å²) < 4.78 is 50.9. The predicted octanol–water partition coefficient (Wildman–Crippen LogP) is 3.92. The van der Waals surface area contributed by atoms with E-state index < -0.39 is 18.3 Å². The Labute approximate surface area is 190 Å². The third-order valence-corrected chi connectivity index (χ3v) is 4.49. The number of carbonyl (C=O) groups excluding carboxylic acids is 1. The predicted molar refractivity (Wildman–Crippen MR) is 115 cm³/mol. The summed E-state index contributed by atoms with van der Waals surface area (Å²) in [6, 6.07) is 9.98. The number of alkyl halides is 2. The molecule has 34 heavy (non-hydrogen) atoms. The monoisotopic (exact) mass is 470 g/mol. The SMILES string of the molecule is C=C(Cc1ccc(Oc2ncccc2C(N)=O)c(F)c1)Nc1nc2c(OC(F)F)cccn2n1. The van der Waals surface area contributed by atoms with Crippen molar-refractivity contribution < 1.29 is 27.4 Å². The number of nitrogens with two attached hydrogens (primary N) is 1. The van der Waals surface area contributed by atoms with E-state index in [1.807, 2.05) is 0 Å². The summed E-state index contributed by atoms with van der Waals surface area (Å²) in [4.78, 5) is 19.5. The molecule has 4 rings (SSSR count). The first-order chi connectivity index (χ1) is 16.3. The van der Waals surface area contributed by atoms with Gasteiger partial charge in [0.05, 0.1) is 0 Å². The molecule has 0 aliphatic carbocycles. The van der Waals surface area contributed by atoms with Crippen molar-refractivity contribution >= 4 is 17.5 Å². The zero-order valence-corrected chi connectivity index (χ0v) is 17.4. The summed E-state index contributed by atoms with van der Waals surface area (Å²) in [7, 11) is 0. The quantitative estimate of drug-likeness (QED) is 0.381. The highest BCUT2D eigenvalue weighted by atomic mass is 19.3. The van der Waals surface area contributed by atoms with Crippen LogP contribution in [0.4, 0.5) is 19.1 Å². The summed E-state index contributed by atoms with van der Waals surface area (Å²) >= 11 is 0. The maximum Gasteiger partial charge on any atom is 0.387 e. The number of benzene rings is 1. The van der Waals surface area contributed by atoms with Crippen molar-refractivity contribution in [1.82, 2.24) is 19.6 Å². The molecule has 3 aromatic heterocycles. The van der Waals surface area contributed by atoms with Gasteiger partial charge in [-0.1, -0.05) is 12.6 Å². The molecule has 9 nitrogen and oxygen atoms in total. The first-order valence-electron chi connectivity index (χ1n) is 9.76. The first-order valence-corrected chi connectivity index (χ1v) is 9.76. The molecule has 0 radical (unpaired) electrons. The van der Waals surface area contributed by atoms with Crippen molar-refractivity contribution in [3.8, 4) is 17.4 Å². The van der Waals surface area contributed by atoms with Crippen LogP contribution in [0, 0.1) is 5.82 Å². The fourth-order valence-electron chi connectivity index (χ4n) is 3.07. The molecule has 0 saturated heterocycles. The number of anilines is 1. The second kappa shape index (κ2) is 9.48. The van der Waals surface area contributed by atoms with E-state index in [1.54, 1.807) is 6.07 Å². The van der Waals surface area contributed by atoms with E-state index in [1.165, 1.54) is 53.3 Å². The summed E-state index contributed by atoms with van der Waals surface area (Å²) in [6.07, 6.45) is 3.11. The van der Waals surface area contributed by atoms with Gasteiger partial charge in [0.25, 0.3) is 5.91 Å². The van der Waals surface area contributed by atoms with Crippen molar-refractivity contribution in [2.75, 3.05) is 5.32 Å². The van der Waals surface area contributed by atoms with Crippen LogP contribution in [0.1, 0.15) is 15.9 Å². The zero-order valence-electron chi connectivity index (χ0n) is 17.4. The normalized spacial score (nSPS) is 10.9. The van der Waals surface area contributed by atoms with Gasteiger partial charge in [-0.15, -0.1) is 5.10 Å². The number of aromatic nitrogens is 4. The number of fused-ring (bicyclic) bond motifs is 1. The fraction of sp³-hybridized carbons (Fsp3) is 0.0909. The Bertz CT molecular complexity index is 1380. The highest BCUT2D eigenvalue weighted by molar-refractivity contribution is 5.95. The number of halogens is 3. The van der Waals surface area contributed by atoms with E-state index in [4.69, 9.17) is 10.5 Å². The van der Waals surface area contributed by atoms with Gasteiger partial charge in [0.1, 0.15) is 5.56 Å². The molecule has 174 valence electrons. The van der Waals surface area contributed by atoms with E-state index in [2.05, 4.69) is 31.7 Å². The zero-order chi connectivity index (χ0) is 24.2. The molecule has 0 unspecified atom stereocenters. The maximum atomic E-state index is 14.6. The van der Waals surface area contributed by atoms with Crippen LogP contribution in [0.15, 0.2) is 67.1 Å². The van der Waals surface area contributed by atoms with Crippen LogP contribution in [-0.2, 0) is 6.42 Å². The number of nitrogens with one attached hydrogen (secondary N) is 1. The highest BCUT2D eigenvalue weighted by Gasteiger charge is 2.15. The van der Waals surface area contributed by atoms with E-state index in [0.717, 1.165) is 0 Å². The van der Waals surface area contributed by atoms with Crippen LogP contribution >= 0.6 is 0 Å². The molecule has 0 aliphatic rings. The average molecular weight is 470 g/mol. The maximum absolute atomic E-state index is 14.6. The Hall–Kier alpha value is -4.61. The van der Waals surface area contributed by atoms with Crippen LogP contribution in [-0.4, -0.2) is 32.1 Å². The van der Waals surface area contributed by atoms with E-state index in [0.29, 0.717) is 11.3 Å². The van der Waals surface area contributed by atoms with Gasteiger partial charge >= 0.3 is 6.61 Å². The number of hydrogen-bond donors (Lipinski definition) is 2. The lowest BCUT2D eigenvalue weighted by Gasteiger charge is -2.10. The van der Waals surface area contributed by atoms with Crippen LogP contribution in [0.3, 0.4) is 0 Å². The van der Waals surface area contributed by atoms with Gasteiger partial charge in [-0.3, -0.25) is 4.79 Å². The average Bonchev–Trinajstić information content (AvgIpc) is 3.19. The minimum atomic E-state index is -3.00. The molecule has 12 heteroatoms. The number of allylic oxidation sites excluding steroid dienone is 1. The molecule has 3 N–H and O–H groups in total. The number of ether oxygens (including phenoxy) is 2. The lowest BCUT2D eigenvalue weighted by atomic mass is 10.1. The van der Waals surface area contributed by atoms with Crippen LogP contribution in [0.2, 0.25) is 0 Å². The van der Waals surface area contributed by atoms with Crippen LogP contribution in [0.5, 0.6) is 17.4 Å². The van der Waals surface area contributed by atoms with Crippen molar-refractivity contribution in [1.29, 1.82) is 0 Å². The largest absolute Gasteiger partial charge is 0.435 e. The van der Waals surface area contributed by atoms with Crippen molar-refractivity contribution in [2.24, 2.45) is 5.73 Å². The van der Waals surface area contributed by atoms with Crippen molar-refractivity contribution in [3.63, 3.8) is 0 Å². The standard InChI is InChI=1S/C22H17F3N6O3/c1-12(28-22-29-19-17(34-21(24)25)5-3-9-31(19)30-22)10-13-6-7-16(15(23)11-13)33-20-14(18(26)32)4-2-8-27-20/h2-9,11,21H,1,10H2,(H2,26,32)(H,28,30). The summed E-state index contributed by atoms with van der Waals surface area (Å²) in [5, 5.41) is 6.99. The minimum absolute atomic E-state index is 0.0191. The molecule has 4 aromatic rings. The van der Waals surface area contributed by atoms with E-state index in [-0.39, 0.29) is 41.0 Å². The molecular weight excluding hydrogens is 453 g/mol. The number of nitrogens with zero attached hydrogens (tertiary/aromatic N) is 4. The van der Waals surface area contributed by atoms with Gasteiger partial charge < -0.3 is 20.5 Å². The molecule has 0 saturated carbocycles. The molecule has 0 spiro atoms. The summed E-state index contributed by atoms with van der Waals surface area (Å²) in [5.74, 6) is -1.72. The number of carbonyl (C=O) groups is 1. The van der Waals surface area contributed by atoms with Gasteiger partial charge in [-0.2, -0.15) is 13.8 Å². The summed E-state index contributed by atoms with van der Waals surface area (Å²) in [5.41, 5.74) is 6.36. The number of pyridine rings is 2. The Kier molecular flexibility index (Phi) is 6.30. The Morgan fingerprint density at radius 2 is 2.03 bits per heavy atom. The topological polar surface area (TPSA) is 117 Å². The minimum Gasteiger partial charge on any atom is -0.435 e. The van der Waals surface area contributed by atoms with E-state index >= 15 is 0 Å². The molecule has 0 fully saturated rings. The molecule has 1 amide bonds. The second-order valence-electron chi connectivity index (χ2n) is 6.95. The van der Waals surface area contributed by atoms with Gasteiger partial charge in [-0.05, 0) is 42.0 Å². The number of primary amides is 1. The van der Waals surface area contributed by atoms with Crippen LogP contribution < -0.4 is 20.5 Å². The molecule has 0 aliphatic heterocycles. The molecule has 3 heterocycles. The third-order valence-electron chi connectivity index (χ3n) is 4.49. The van der Waals surface area contributed by atoms with Gasteiger partial charge in [0, 0.05) is 24.5 Å². The number of amides is 1. The summed E-state index contributed by atoms with van der Waals surface area (Å²) in [6.45, 7) is 0.867. The van der Waals surface area contributed by atoms with E-state index in [9.17, 15) is 18.0 Å². The molecule has 0 atom stereocenters. The molecule has 0 bridgehead atoms. The Balaban J connectivity index is 1.45. The smallest absolute Gasteiger partial charge is 0.387 e. The molecule has 1 aromatic carbocycles. The lowest BCUT2D eigenvalue weighted by molar-refractivity contribution is -0.0491. The number of rotatable bonds is 9. The van der Waals surface area contributed by atoms with Crippen molar-refractivity contribution in [2.45, 2.75) is 13.0 Å². The van der Waals surface area contributed by atoms with Crippen LogP contribution in [0.25, 0.3) is 5.65 Å². The van der Waals surface area contributed by atoms with Gasteiger partial charge in [0.2, 0.25) is 11.8 Å². The molecular formula is C22H17F3N6O3. The lowest BCUT2D eigenvalue weighted by Crippen LogP contribution is -2.13. The first kappa shape index (κ1) is 22.6. The highest BCUT2D eigenvalue weighted by Crippen LogP contribution is 2.27. The Morgan fingerprint density at radius 1 is 1.21 bits per heavy atom. The number of hydrogen-bond acceptors (Lipinski definition) is 7. The van der Waals surface area contributed by atoms with Crippen molar-refractivity contribution in [3.05, 3.63) is 84.1 Å². The second-order valence-corrected chi connectivity index (χ2v) is 6.95. The Morgan fingerprint density at radius 3 is 2.76 bits per heavy atom. The van der Waals surface area contributed by atoms with Gasteiger partial charge in [0.15, 0.2) is 23.0 Å². The third kappa shape index (κ3) is 5.06.